The van der Waals surface area contributed by atoms with Gasteiger partial charge in [0.2, 0.25) is 0 Å². The molecule has 0 bridgehead atoms. The highest BCUT2D eigenvalue weighted by Gasteiger charge is 2.08. The van der Waals surface area contributed by atoms with E-state index in [1.54, 1.807) is 0 Å². The number of benzene rings is 2. The average molecular weight is 273 g/mol. The van der Waals surface area contributed by atoms with Gasteiger partial charge in [-0.3, -0.25) is 0 Å². The van der Waals surface area contributed by atoms with Crippen molar-refractivity contribution in [2.45, 2.75) is 26.3 Å². The molecule has 2 rings (SSSR count). The SMILES string of the molecule is CCCNCc1c(OCCCO)ccc2ccccc12. The molecule has 0 heterocycles. The van der Waals surface area contributed by atoms with Crippen LogP contribution in [-0.2, 0) is 6.54 Å². The van der Waals surface area contributed by atoms with Crippen molar-refractivity contribution in [3.05, 3.63) is 42.0 Å². The Morgan fingerprint density at radius 1 is 1.15 bits per heavy atom. The van der Waals surface area contributed by atoms with E-state index < -0.39 is 0 Å². The normalized spacial score (nSPS) is 10.9. The largest absolute Gasteiger partial charge is 0.493 e. The Hall–Kier alpha value is -1.58. The van der Waals surface area contributed by atoms with Gasteiger partial charge >= 0.3 is 0 Å². The summed E-state index contributed by atoms with van der Waals surface area (Å²) >= 11 is 0. The summed E-state index contributed by atoms with van der Waals surface area (Å²) < 4.78 is 5.82. The molecule has 0 unspecified atom stereocenters. The van der Waals surface area contributed by atoms with Crippen molar-refractivity contribution in [3.63, 3.8) is 0 Å². The molecular weight excluding hydrogens is 250 g/mol. The van der Waals surface area contributed by atoms with Crippen LogP contribution in [-0.4, -0.2) is 24.9 Å². The predicted octanol–water partition coefficient (Wildman–Crippen LogP) is 3.10. The molecule has 20 heavy (non-hydrogen) atoms. The standard InChI is InChI=1S/C17H23NO2/c1-2-10-18-13-16-15-7-4-3-6-14(15)8-9-17(16)20-12-5-11-19/h3-4,6-9,18-19H,2,5,10-13H2,1H3. The first-order chi connectivity index (χ1) is 9.86. The second-order valence-electron chi connectivity index (χ2n) is 4.87. The molecule has 3 nitrogen and oxygen atoms in total. The van der Waals surface area contributed by atoms with E-state index in [1.807, 2.05) is 6.07 Å². The Morgan fingerprint density at radius 2 is 2.00 bits per heavy atom. The van der Waals surface area contributed by atoms with E-state index in [9.17, 15) is 0 Å². The predicted molar refractivity (Wildman–Crippen MR) is 83.1 cm³/mol. The molecule has 0 aliphatic carbocycles. The molecule has 0 fully saturated rings. The van der Waals surface area contributed by atoms with Gasteiger partial charge in [-0.2, -0.15) is 0 Å². The third-order valence-electron chi connectivity index (χ3n) is 3.29. The number of hydrogen-bond acceptors (Lipinski definition) is 3. The summed E-state index contributed by atoms with van der Waals surface area (Å²) in [5.74, 6) is 0.917. The van der Waals surface area contributed by atoms with Crippen molar-refractivity contribution in [1.82, 2.24) is 5.32 Å². The molecule has 2 aromatic carbocycles. The van der Waals surface area contributed by atoms with E-state index in [4.69, 9.17) is 9.84 Å². The summed E-state index contributed by atoms with van der Waals surface area (Å²) in [5, 5.41) is 14.8. The maximum Gasteiger partial charge on any atom is 0.124 e. The van der Waals surface area contributed by atoms with E-state index in [-0.39, 0.29) is 6.61 Å². The zero-order valence-electron chi connectivity index (χ0n) is 12.1. The van der Waals surface area contributed by atoms with Gasteiger partial charge in [0.25, 0.3) is 0 Å². The van der Waals surface area contributed by atoms with E-state index in [1.165, 1.54) is 16.3 Å². The molecule has 0 saturated heterocycles. The van der Waals surface area contributed by atoms with Crippen LogP contribution < -0.4 is 10.1 Å². The van der Waals surface area contributed by atoms with E-state index >= 15 is 0 Å². The quantitative estimate of drug-likeness (QED) is 0.726. The molecular formula is C17H23NO2. The summed E-state index contributed by atoms with van der Waals surface area (Å²) in [7, 11) is 0. The zero-order chi connectivity index (χ0) is 14.2. The minimum Gasteiger partial charge on any atom is -0.493 e. The van der Waals surface area contributed by atoms with Gasteiger partial charge in [0.05, 0.1) is 6.61 Å². The fourth-order valence-corrected chi connectivity index (χ4v) is 2.27. The van der Waals surface area contributed by atoms with Crippen LogP contribution in [0.25, 0.3) is 10.8 Å². The number of aliphatic hydroxyl groups excluding tert-OH is 1. The topological polar surface area (TPSA) is 41.5 Å². The fourth-order valence-electron chi connectivity index (χ4n) is 2.27. The van der Waals surface area contributed by atoms with E-state index in [0.717, 1.165) is 25.3 Å². The molecule has 0 aliphatic heterocycles. The lowest BCUT2D eigenvalue weighted by molar-refractivity contribution is 0.232. The van der Waals surface area contributed by atoms with Crippen LogP contribution in [0.3, 0.4) is 0 Å². The second-order valence-corrected chi connectivity index (χ2v) is 4.87. The molecule has 0 aromatic heterocycles. The first-order valence-electron chi connectivity index (χ1n) is 7.31. The Morgan fingerprint density at radius 3 is 2.80 bits per heavy atom. The Bertz CT molecular complexity index is 540. The van der Waals surface area contributed by atoms with Crippen molar-refractivity contribution >= 4 is 10.8 Å². The maximum absolute atomic E-state index is 8.87. The zero-order valence-corrected chi connectivity index (χ0v) is 12.1. The smallest absolute Gasteiger partial charge is 0.124 e. The van der Waals surface area contributed by atoms with Gasteiger partial charge in [0.15, 0.2) is 0 Å². The summed E-state index contributed by atoms with van der Waals surface area (Å²) in [4.78, 5) is 0. The molecule has 0 saturated carbocycles. The van der Waals surface area contributed by atoms with Crippen LogP contribution in [0, 0.1) is 0 Å². The highest BCUT2D eigenvalue weighted by molar-refractivity contribution is 5.87. The van der Waals surface area contributed by atoms with Gasteiger partial charge in [-0.05, 0) is 29.8 Å². The van der Waals surface area contributed by atoms with Gasteiger partial charge in [-0.25, -0.2) is 0 Å². The van der Waals surface area contributed by atoms with Crippen molar-refractivity contribution < 1.29 is 9.84 Å². The summed E-state index contributed by atoms with van der Waals surface area (Å²) in [6.45, 7) is 4.68. The van der Waals surface area contributed by atoms with E-state index in [0.29, 0.717) is 13.0 Å². The number of ether oxygens (including phenoxy) is 1. The Kier molecular flexibility index (Phi) is 5.84. The van der Waals surface area contributed by atoms with Gasteiger partial charge in [0, 0.05) is 25.1 Å². The van der Waals surface area contributed by atoms with Crippen molar-refractivity contribution in [1.29, 1.82) is 0 Å². The number of nitrogens with one attached hydrogen (secondary N) is 1. The highest BCUT2D eigenvalue weighted by Crippen LogP contribution is 2.28. The summed E-state index contributed by atoms with van der Waals surface area (Å²) in [6.07, 6.45) is 1.78. The van der Waals surface area contributed by atoms with Gasteiger partial charge in [-0.15, -0.1) is 0 Å². The van der Waals surface area contributed by atoms with Crippen LogP contribution in [0.5, 0.6) is 5.75 Å². The Labute approximate surface area is 120 Å². The number of aliphatic hydroxyl groups is 1. The molecule has 0 atom stereocenters. The lowest BCUT2D eigenvalue weighted by Gasteiger charge is -2.14. The van der Waals surface area contributed by atoms with Crippen LogP contribution in [0.2, 0.25) is 0 Å². The fraction of sp³-hybridized carbons (Fsp3) is 0.412. The molecule has 3 heteroatoms. The lowest BCUT2D eigenvalue weighted by Crippen LogP contribution is -2.15. The third kappa shape index (κ3) is 3.71. The molecule has 2 aromatic rings. The summed E-state index contributed by atoms with van der Waals surface area (Å²) in [5.41, 5.74) is 1.20. The monoisotopic (exact) mass is 273 g/mol. The van der Waals surface area contributed by atoms with Crippen LogP contribution >= 0.6 is 0 Å². The molecule has 0 amide bonds. The molecule has 2 N–H and O–H groups in total. The first kappa shape index (κ1) is 14.8. The first-order valence-corrected chi connectivity index (χ1v) is 7.31. The average Bonchev–Trinajstić information content (AvgIpc) is 2.49. The van der Waals surface area contributed by atoms with Gasteiger partial charge in [0.1, 0.15) is 5.75 Å². The minimum atomic E-state index is 0.164. The molecule has 0 radical (unpaired) electrons. The van der Waals surface area contributed by atoms with Crippen LogP contribution in [0.15, 0.2) is 36.4 Å². The van der Waals surface area contributed by atoms with Crippen molar-refractivity contribution in [3.8, 4) is 5.75 Å². The van der Waals surface area contributed by atoms with E-state index in [2.05, 4.69) is 42.6 Å². The van der Waals surface area contributed by atoms with Crippen molar-refractivity contribution in [2.75, 3.05) is 19.8 Å². The summed E-state index contributed by atoms with van der Waals surface area (Å²) in [6, 6.07) is 12.5. The number of hydrogen-bond donors (Lipinski definition) is 2. The molecule has 0 aliphatic rings. The van der Waals surface area contributed by atoms with Crippen LogP contribution in [0.4, 0.5) is 0 Å². The highest BCUT2D eigenvalue weighted by atomic mass is 16.5. The molecule has 108 valence electrons. The Balaban J connectivity index is 2.26. The lowest BCUT2D eigenvalue weighted by atomic mass is 10.0. The molecule has 0 spiro atoms. The maximum atomic E-state index is 8.87. The van der Waals surface area contributed by atoms with Gasteiger partial charge in [-0.1, -0.05) is 37.3 Å². The third-order valence-corrected chi connectivity index (χ3v) is 3.29. The second kappa shape index (κ2) is 7.88. The number of fused-ring (bicyclic) bond motifs is 1. The number of rotatable bonds is 8. The minimum absolute atomic E-state index is 0.164. The van der Waals surface area contributed by atoms with Gasteiger partial charge < -0.3 is 15.2 Å². The van der Waals surface area contributed by atoms with Crippen LogP contribution in [0.1, 0.15) is 25.3 Å². The van der Waals surface area contributed by atoms with Crippen molar-refractivity contribution in [2.24, 2.45) is 0 Å².